The standard InChI is InChI=1S/C27H29N3O8S/c1-3-37-22-14-18(4-9-21(22)38-17-25(32)29-10-12-36-13-11-29)15-23-26(33)30(27(34)39-23)16-24(31)28-19-5-7-20(35-2)8-6-19/h4-9,14-15H,3,10-13,16-17H2,1-2H3,(H,28,31)/b23-15-. The minimum Gasteiger partial charge on any atom is -0.497 e. The number of benzene rings is 2. The van der Waals surface area contributed by atoms with Crippen LogP contribution in [0.2, 0.25) is 0 Å². The van der Waals surface area contributed by atoms with Gasteiger partial charge in [0, 0.05) is 18.8 Å². The summed E-state index contributed by atoms with van der Waals surface area (Å²) in [6.07, 6.45) is 1.55. The second kappa shape index (κ2) is 13.2. The van der Waals surface area contributed by atoms with Crippen molar-refractivity contribution in [2.45, 2.75) is 6.92 Å². The summed E-state index contributed by atoms with van der Waals surface area (Å²) in [5, 5.41) is 2.12. The van der Waals surface area contributed by atoms with Crippen molar-refractivity contribution in [3.05, 3.63) is 52.9 Å². The van der Waals surface area contributed by atoms with Crippen LogP contribution < -0.4 is 19.5 Å². The molecule has 2 aliphatic rings. The van der Waals surface area contributed by atoms with Crippen LogP contribution in [0.3, 0.4) is 0 Å². The Morgan fingerprint density at radius 2 is 1.79 bits per heavy atom. The van der Waals surface area contributed by atoms with Gasteiger partial charge in [0.25, 0.3) is 17.1 Å². The molecule has 39 heavy (non-hydrogen) atoms. The van der Waals surface area contributed by atoms with Crippen LogP contribution in [0.25, 0.3) is 6.08 Å². The summed E-state index contributed by atoms with van der Waals surface area (Å²) in [7, 11) is 1.54. The molecule has 2 aromatic rings. The zero-order valence-electron chi connectivity index (χ0n) is 21.6. The van der Waals surface area contributed by atoms with Crippen LogP contribution in [-0.4, -0.2) is 85.9 Å². The molecule has 2 heterocycles. The number of morpholine rings is 1. The fourth-order valence-electron chi connectivity index (χ4n) is 3.85. The summed E-state index contributed by atoms with van der Waals surface area (Å²) in [5.74, 6) is 0.213. The predicted octanol–water partition coefficient (Wildman–Crippen LogP) is 3.01. The molecule has 4 amide bonds. The first-order valence-corrected chi connectivity index (χ1v) is 13.1. The van der Waals surface area contributed by atoms with Crippen molar-refractivity contribution < 1.29 is 38.1 Å². The fraction of sp³-hybridized carbons (Fsp3) is 0.333. The summed E-state index contributed by atoms with van der Waals surface area (Å²) in [6.45, 7) is 3.68. The zero-order valence-corrected chi connectivity index (χ0v) is 22.5. The Hall–Kier alpha value is -4.03. The van der Waals surface area contributed by atoms with Gasteiger partial charge < -0.3 is 29.2 Å². The number of rotatable bonds is 10. The van der Waals surface area contributed by atoms with Crippen LogP contribution >= 0.6 is 11.8 Å². The first-order valence-electron chi connectivity index (χ1n) is 12.3. The third-order valence-electron chi connectivity index (χ3n) is 5.83. The van der Waals surface area contributed by atoms with Gasteiger partial charge in [-0.15, -0.1) is 0 Å². The lowest BCUT2D eigenvalue weighted by molar-refractivity contribution is -0.137. The number of amides is 4. The molecule has 11 nitrogen and oxygen atoms in total. The lowest BCUT2D eigenvalue weighted by Gasteiger charge is -2.26. The molecule has 12 heteroatoms. The van der Waals surface area contributed by atoms with Crippen LogP contribution in [0.5, 0.6) is 17.2 Å². The molecule has 0 atom stereocenters. The number of methoxy groups -OCH3 is 1. The number of thioether (sulfide) groups is 1. The maximum absolute atomic E-state index is 12.9. The number of ether oxygens (including phenoxy) is 4. The van der Waals surface area contributed by atoms with Crippen molar-refractivity contribution in [2.75, 3.05) is 58.5 Å². The van der Waals surface area contributed by atoms with Crippen molar-refractivity contribution in [2.24, 2.45) is 0 Å². The largest absolute Gasteiger partial charge is 0.497 e. The highest BCUT2D eigenvalue weighted by Crippen LogP contribution is 2.34. The van der Waals surface area contributed by atoms with E-state index in [0.29, 0.717) is 61.4 Å². The van der Waals surface area contributed by atoms with E-state index in [9.17, 15) is 19.2 Å². The number of imide groups is 1. The second-order valence-corrected chi connectivity index (χ2v) is 9.46. The average Bonchev–Trinajstić information content (AvgIpc) is 3.20. The summed E-state index contributed by atoms with van der Waals surface area (Å²) >= 11 is 0.753. The van der Waals surface area contributed by atoms with Crippen molar-refractivity contribution in [3.8, 4) is 17.2 Å². The Morgan fingerprint density at radius 3 is 2.49 bits per heavy atom. The molecule has 0 bridgehead atoms. The lowest BCUT2D eigenvalue weighted by Crippen LogP contribution is -2.43. The van der Waals surface area contributed by atoms with Gasteiger partial charge in [-0.05, 0) is 66.7 Å². The summed E-state index contributed by atoms with van der Waals surface area (Å²) in [4.78, 5) is 53.1. The molecule has 2 saturated heterocycles. The first-order chi connectivity index (χ1) is 18.9. The highest BCUT2D eigenvalue weighted by Gasteiger charge is 2.36. The monoisotopic (exact) mass is 555 g/mol. The summed E-state index contributed by atoms with van der Waals surface area (Å²) in [6, 6.07) is 11.7. The Kier molecular flexibility index (Phi) is 9.45. The number of nitrogens with one attached hydrogen (secondary N) is 1. The molecule has 0 aliphatic carbocycles. The third-order valence-corrected chi connectivity index (χ3v) is 6.74. The van der Waals surface area contributed by atoms with Gasteiger partial charge in [-0.2, -0.15) is 0 Å². The Morgan fingerprint density at radius 1 is 1.05 bits per heavy atom. The summed E-state index contributed by atoms with van der Waals surface area (Å²) < 4.78 is 21.8. The Balaban J connectivity index is 1.39. The number of hydrogen-bond donors (Lipinski definition) is 1. The maximum Gasteiger partial charge on any atom is 0.294 e. The van der Waals surface area contributed by atoms with E-state index in [2.05, 4.69) is 5.32 Å². The van der Waals surface area contributed by atoms with Crippen molar-refractivity contribution >= 4 is 46.5 Å². The molecule has 0 unspecified atom stereocenters. The van der Waals surface area contributed by atoms with E-state index >= 15 is 0 Å². The van der Waals surface area contributed by atoms with Crippen molar-refractivity contribution in [3.63, 3.8) is 0 Å². The van der Waals surface area contributed by atoms with Crippen LogP contribution in [-0.2, 0) is 19.1 Å². The van der Waals surface area contributed by atoms with E-state index in [1.807, 2.05) is 6.92 Å². The lowest BCUT2D eigenvalue weighted by atomic mass is 10.2. The molecule has 2 aromatic carbocycles. The molecule has 2 fully saturated rings. The number of anilines is 1. The van der Waals surface area contributed by atoms with Crippen molar-refractivity contribution in [1.29, 1.82) is 0 Å². The molecule has 2 aliphatic heterocycles. The second-order valence-electron chi connectivity index (χ2n) is 8.47. The van der Waals surface area contributed by atoms with E-state index in [4.69, 9.17) is 18.9 Å². The van der Waals surface area contributed by atoms with Gasteiger partial charge in [0.1, 0.15) is 12.3 Å². The fourth-order valence-corrected chi connectivity index (χ4v) is 4.69. The van der Waals surface area contributed by atoms with E-state index in [0.717, 1.165) is 16.7 Å². The van der Waals surface area contributed by atoms with E-state index in [1.165, 1.54) is 7.11 Å². The molecule has 0 radical (unpaired) electrons. The molecule has 206 valence electrons. The van der Waals surface area contributed by atoms with Crippen LogP contribution in [0.4, 0.5) is 10.5 Å². The Labute approximate surface area is 230 Å². The van der Waals surface area contributed by atoms with E-state index in [-0.39, 0.29) is 17.4 Å². The normalized spacial score (nSPS) is 16.4. The van der Waals surface area contributed by atoms with Crippen LogP contribution in [0.15, 0.2) is 47.4 Å². The minimum atomic E-state index is -0.565. The van der Waals surface area contributed by atoms with Crippen molar-refractivity contribution in [1.82, 2.24) is 9.80 Å². The Bertz CT molecular complexity index is 1260. The van der Waals surface area contributed by atoms with Gasteiger partial charge in [-0.25, -0.2) is 0 Å². The first kappa shape index (κ1) is 28.0. The van der Waals surface area contributed by atoms with E-state index in [1.54, 1.807) is 53.4 Å². The molecular formula is C27H29N3O8S. The predicted molar refractivity (Wildman–Crippen MR) is 145 cm³/mol. The zero-order chi connectivity index (χ0) is 27.8. The van der Waals surface area contributed by atoms with Gasteiger partial charge in [-0.1, -0.05) is 6.07 Å². The minimum absolute atomic E-state index is 0.142. The number of carbonyl (C=O) groups is 4. The number of carbonyl (C=O) groups excluding carboxylic acids is 4. The topological polar surface area (TPSA) is 124 Å². The highest BCUT2D eigenvalue weighted by atomic mass is 32.2. The average molecular weight is 556 g/mol. The molecule has 1 N–H and O–H groups in total. The quantitative estimate of drug-likeness (QED) is 0.441. The van der Waals surface area contributed by atoms with Gasteiger partial charge in [0.05, 0.1) is 31.8 Å². The van der Waals surface area contributed by atoms with E-state index < -0.39 is 23.6 Å². The maximum atomic E-state index is 12.9. The molecular weight excluding hydrogens is 526 g/mol. The molecule has 0 saturated carbocycles. The van der Waals surface area contributed by atoms with Gasteiger partial charge >= 0.3 is 0 Å². The smallest absolute Gasteiger partial charge is 0.294 e. The third kappa shape index (κ3) is 7.30. The molecule has 0 spiro atoms. The van der Waals surface area contributed by atoms with Crippen LogP contribution in [0, 0.1) is 0 Å². The number of hydrogen-bond acceptors (Lipinski definition) is 9. The SMILES string of the molecule is CCOc1cc(/C=C2\SC(=O)N(CC(=O)Nc3ccc(OC)cc3)C2=O)ccc1OCC(=O)N1CCOCC1. The van der Waals surface area contributed by atoms with Crippen LogP contribution in [0.1, 0.15) is 12.5 Å². The summed E-state index contributed by atoms with van der Waals surface area (Å²) in [5.41, 5.74) is 1.11. The highest BCUT2D eigenvalue weighted by molar-refractivity contribution is 8.18. The van der Waals surface area contributed by atoms with Gasteiger partial charge in [0.15, 0.2) is 18.1 Å². The number of nitrogens with zero attached hydrogens (tertiary/aromatic N) is 2. The molecule has 0 aromatic heterocycles. The molecule has 4 rings (SSSR count). The van der Waals surface area contributed by atoms with Gasteiger partial charge in [-0.3, -0.25) is 24.1 Å². The van der Waals surface area contributed by atoms with Gasteiger partial charge in [0.2, 0.25) is 5.91 Å².